The summed E-state index contributed by atoms with van der Waals surface area (Å²) in [5.41, 5.74) is 3.62. The van der Waals surface area contributed by atoms with Crippen molar-refractivity contribution in [3.05, 3.63) is 28.8 Å². The summed E-state index contributed by atoms with van der Waals surface area (Å²) in [5.74, 6) is 0.349. The van der Waals surface area contributed by atoms with Crippen molar-refractivity contribution in [2.45, 2.75) is 51.6 Å². The number of phenolic OH excluding ortho intramolecular Hbond substituents is 1. The SMILES string of the molecule is CC(O)Cc1c(O)ccc2c1CCCCC2. The molecule has 0 amide bonds. The molecule has 0 aromatic heterocycles. The number of fused-ring (bicyclic) bond motifs is 1. The summed E-state index contributed by atoms with van der Waals surface area (Å²) in [5, 5.41) is 19.4. The summed E-state index contributed by atoms with van der Waals surface area (Å²) in [7, 11) is 0. The molecule has 0 heterocycles. The fourth-order valence-electron chi connectivity index (χ4n) is 2.59. The number of rotatable bonds is 2. The van der Waals surface area contributed by atoms with E-state index in [2.05, 4.69) is 0 Å². The molecule has 1 aromatic rings. The molecule has 0 fully saturated rings. The minimum Gasteiger partial charge on any atom is -0.508 e. The van der Waals surface area contributed by atoms with Gasteiger partial charge in [0.2, 0.25) is 0 Å². The highest BCUT2D eigenvalue weighted by Crippen LogP contribution is 2.30. The summed E-state index contributed by atoms with van der Waals surface area (Å²) < 4.78 is 0. The van der Waals surface area contributed by atoms with E-state index in [0.29, 0.717) is 12.2 Å². The van der Waals surface area contributed by atoms with Gasteiger partial charge in [0.25, 0.3) is 0 Å². The third kappa shape index (κ3) is 2.38. The van der Waals surface area contributed by atoms with E-state index < -0.39 is 0 Å². The minimum atomic E-state index is -0.388. The Labute approximate surface area is 96.9 Å². The van der Waals surface area contributed by atoms with E-state index in [4.69, 9.17) is 0 Å². The van der Waals surface area contributed by atoms with E-state index in [1.165, 1.54) is 30.4 Å². The van der Waals surface area contributed by atoms with Crippen molar-refractivity contribution in [2.75, 3.05) is 0 Å². The normalized spacial score (nSPS) is 17.6. The van der Waals surface area contributed by atoms with E-state index in [9.17, 15) is 10.2 Å². The lowest BCUT2D eigenvalue weighted by molar-refractivity contribution is 0.194. The molecule has 1 atom stereocenters. The molecule has 2 rings (SSSR count). The largest absolute Gasteiger partial charge is 0.508 e. The molecular weight excluding hydrogens is 200 g/mol. The number of aryl methyl sites for hydroxylation is 1. The van der Waals surface area contributed by atoms with E-state index in [-0.39, 0.29) is 6.10 Å². The van der Waals surface area contributed by atoms with Gasteiger partial charge in [-0.05, 0) is 55.4 Å². The maximum absolute atomic E-state index is 9.90. The molecule has 0 spiro atoms. The van der Waals surface area contributed by atoms with Crippen LogP contribution in [-0.4, -0.2) is 16.3 Å². The highest BCUT2D eigenvalue weighted by molar-refractivity contribution is 5.45. The second-order valence-electron chi connectivity index (χ2n) is 4.81. The Balaban J connectivity index is 2.40. The van der Waals surface area contributed by atoms with E-state index >= 15 is 0 Å². The monoisotopic (exact) mass is 220 g/mol. The van der Waals surface area contributed by atoms with Gasteiger partial charge in [-0.2, -0.15) is 0 Å². The fourth-order valence-corrected chi connectivity index (χ4v) is 2.59. The van der Waals surface area contributed by atoms with Crippen LogP contribution in [0.25, 0.3) is 0 Å². The molecular formula is C14H20O2. The van der Waals surface area contributed by atoms with Crippen LogP contribution in [0.5, 0.6) is 5.75 Å². The van der Waals surface area contributed by atoms with Gasteiger partial charge in [-0.15, -0.1) is 0 Å². The molecule has 2 heteroatoms. The van der Waals surface area contributed by atoms with Crippen molar-refractivity contribution in [1.82, 2.24) is 0 Å². The highest BCUT2D eigenvalue weighted by atomic mass is 16.3. The van der Waals surface area contributed by atoms with Crippen LogP contribution in [0.1, 0.15) is 42.9 Å². The second kappa shape index (κ2) is 4.88. The maximum Gasteiger partial charge on any atom is 0.119 e. The molecule has 2 nitrogen and oxygen atoms in total. The number of aromatic hydroxyl groups is 1. The van der Waals surface area contributed by atoms with Crippen molar-refractivity contribution >= 4 is 0 Å². The van der Waals surface area contributed by atoms with Gasteiger partial charge in [-0.1, -0.05) is 12.5 Å². The lowest BCUT2D eigenvalue weighted by Crippen LogP contribution is -2.08. The van der Waals surface area contributed by atoms with Crippen LogP contribution in [0.15, 0.2) is 12.1 Å². The topological polar surface area (TPSA) is 40.5 Å². The number of benzene rings is 1. The Morgan fingerprint density at radius 3 is 2.69 bits per heavy atom. The number of hydrogen-bond acceptors (Lipinski definition) is 2. The Kier molecular flexibility index (Phi) is 3.49. The predicted octanol–water partition coefficient (Wildman–Crippen LogP) is 2.58. The van der Waals surface area contributed by atoms with Crippen LogP contribution >= 0.6 is 0 Å². The smallest absolute Gasteiger partial charge is 0.119 e. The van der Waals surface area contributed by atoms with Gasteiger partial charge in [0.1, 0.15) is 5.75 Å². The molecule has 16 heavy (non-hydrogen) atoms. The Morgan fingerprint density at radius 2 is 1.94 bits per heavy atom. The average molecular weight is 220 g/mol. The molecule has 0 saturated heterocycles. The van der Waals surface area contributed by atoms with Gasteiger partial charge in [0, 0.05) is 6.42 Å². The molecule has 0 radical (unpaired) electrons. The summed E-state index contributed by atoms with van der Waals surface area (Å²) in [6, 6.07) is 3.82. The first-order valence-electron chi connectivity index (χ1n) is 6.19. The molecule has 2 N–H and O–H groups in total. The lowest BCUT2D eigenvalue weighted by Gasteiger charge is -2.15. The summed E-state index contributed by atoms with van der Waals surface area (Å²) in [6.07, 6.45) is 6.04. The number of hydrogen-bond donors (Lipinski definition) is 2. The number of aliphatic hydroxyl groups excluding tert-OH is 1. The van der Waals surface area contributed by atoms with Crippen molar-refractivity contribution < 1.29 is 10.2 Å². The zero-order valence-corrected chi connectivity index (χ0v) is 9.87. The van der Waals surface area contributed by atoms with Gasteiger partial charge >= 0.3 is 0 Å². The number of phenols is 1. The van der Waals surface area contributed by atoms with E-state index in [1.54, 1.807) is 13.0 Å². The quantitative estimate of drug-likeness (QED) is 0.752. The summed E-state index contributed by atoms with van der Waals surface area (Å²) in [6.45, 7) is 1.77. The lowest BCUT2D eigenvalue weighted by atomic mass is 9.93. The molecule has 0 saturated carbocycles. The van der Waals surface area contributed by atoms with E-state index in [1.807, 2.05) is 6.07 Å². The van der Waals surface area contributed by atoms with E-state index in [0.717, 1.165) is 18.4 Å². The molecule has 1 aliphatic rings. The Bertz CT molecular complexity index is 369. The van der Waals surface area contributed by atoms with Gasteiger partial charge in [0.05, 0.1) is 6.10 Å². The van der Waals surface area contributed by atoms with Crippen molar-refractivity contribution in [2.24, 2.45) is 0 Å². The molecule has 1 aliphatic carbocycles. The van der Waals surface area contributed by atoms with Crippen molar-refractivity contribution in [1.29, 1.82) is 0 Å². The molecule has 0 bridgehead atoms. The van der Waals surface area contributed by atoms with Crippen LogP contribution in [0.2, 0.25) is 0 Å². The van der Waals surface area contributed by atoms with Gasteiger partial charge in [-0.3, -0.25) is 0 Å². The molecule has 88 valence electrons. The summed E-state index contributed by atoms with van der Waals surface area (Å²) in [4.78, 5) is 0. The standard InChI is InChI=1S/C14H20O2/c1-10(15)9-13-12-6-4-2-3-5-11(12)7-8-14(13)16/h7-8,10,15-16H,2-6,9H2,1H3. The highest BCUT2D eigenvalue weighted by Gasteiger charge is 2.16. The first kappa shape index (κ1) is 11.5. The Hall–Kier alpha value is -1.02. The van der Waals surface area contributed by atoms with Crippen LogP contribution in [0.4, 0.5) is 0 Å². The average Bonchev–Trinajstić information content (AvgIpc) is 2.47. The molecule has 1 aromatic carbocycles. The van der Waals surface area contributed by atoms with Crippen LogP contribution in [-0.2, 0) is 19.3 Å². The first-order valence-corrected chi connectivity index (χ1v) is 6.19. The van der Waals surface area contributed by atoms with Crippen molar-refractivity contribution in [3.63, 3.8) is 0 Å². The predicted molar refractivity (Wildman–Crippen MR) is 64.8 cm³/mol. The summed E-state index contributed by atoms with van der Waals surface area (Å²) >= 11 is 0. The Morgan fingerprint density at radius 1 is 1.19 bits per heavy atom. The third-order valence-corrected chi connectivity index (χ3v) is 3.38. The zero-order chi connectivity index (χ0) is 11.5. The zero-order valence-electron chi connectivity index (χ0n) is 9.87. The second-order valence-corrected chi connectivity index (χ2v) is 4.81. The van der Waals surface area contributed by atoms with Gasteiger partial charge < -0.3 is 10.2 Å². The molecule has 1 unspecified atom stereocenters. The fraction of sp³-hybridized carbons (Fsp3) is 0.571. The van der Waals surface area contributed by atoms with Crippen LogP contribution < -0.4 is 0 Å². The first-order chi connectivity index (χ1) is 7.68. The number of aliphatic hydroxyl groups is 1. The van der Waals surface area contributed by atoms with Crippen LogP contribution in [0, 0.1) is 0 Å². The maximum atomic E-state index is 9.90. The molecule has 0 aliphatic heterocycles. The third-order valence-electron chi connectivity index (χ3n) is 3.38. The minimum absolute atomic E-state index is 0.349. The van der Waals surface area contributed by atoms with Gasteiger partial charge in [0.15, 0.2) is 0 Å². The van der Waals surface area contributed by atoms with Gasteiger partial charge in [-0.25, -0.2) is 0 Å². The van der Waals surface area contributed by atoms with Crippen LogP contribution in [0.3, 0.4) is 0 Å². The van der Waals surface area contributed by atoms with Crippen molar-refractivity contribution in [3.8, 4) is 5.75 Å².